The molecule has 3 aromatic rings. The minimum absolute atomic E-state index is 0.0657. The molecule has 5 rings (SSSR count). The average molecular weight is 438 g/mol. The van der Waals surface area contributed by atoms with E-state index in [9.17, 15) is 9.59 Å². The van der Waals surface area contributed by atoms with E-state index < -0.39 is 5.54 Å². The summed E-state index contributed by atoms with van der Waals surface area (Å²) in [6, 6.07) is 11.9. The summed E-state index contributed by atoms with van der Waals surface area (Å²) in [6.07, 6.45) is 4.32. The van der Waals surface area contributed by atoms with Gasteiger partial charge in [-0.3, -0.25) is 9.59 Å². The van der Waals surface area contributed by atoms with Crippen molar-refractivity contribution in [2.24, 2.45) is 0 Å². The maximum Gasteiger partial charge on any atom is 0.271 e. The first-order valence-electron chi connectivity index (χ1n) is 10.8. The van der Waals surface area contributed by atoms with Crippen molar-refractivity contribution in [2.75, 3.05) is 7.11 Å². The molecule has 3 heterocycles. The van der Waals surface area contributed by atoms with Crippen LogP contribution in [-0.4, -0.2) is 40.0 Å². The lowest BCUT2D eigenvalue weighted by atomic mass is 9.93. The van der Waals surface area contributed by atoms with Crippen molar-refractivity contribution in [3.8, 4) is 5.75 Å². The van der Waals surface area contributed by atoms with Gasteiger partial charge in [0.1, 0.15) is 17.0 Å². The summed E-state index contributed by atoms with van der Waals surface area (Å²) in [5.74, 6) is 0.600. The van der Waals surface area contributed by atoms with Gasteiger partial charge in [0, 0.05) is 12.6 Å². The third-order valence-electron chi connectivity index (χ3n) is 6.73. The van der Waals surface area contributed by atoms with Crippen LogP contribution in [0.15, 0.2) is 41.8 Å². The smallest absolute Gasteiger partial charge is 0.271 e. The van der Waals surface area contributed by atoms with Gasteiger partial charge >= 0.3 is 0 Å². The summed E-state index contributed by atoms with van der Waals surface area (Å²) >= 11 is 1.62. The summed E-state index contributed by atoms with van der Waals surface area (Å²) in [5, 5.41) is 5.27. The van der Waals surface area contributed by atoms with E-state index in [1.54, 1.807) is 23.3 Å². The molecule has 0 bridgehead atoms. The highest BCUT2D eigenvalue weighted by Crippen LogP contribution is 2.35. The van der Waals surface area contributed by atoms with Gasteiger partial charge in [0.15, 0.2) is 0 Å². The molecule has 7 heteroatoms. The normalized spacial score (nSPS) is 21.5. The van der Waals surface area contributed by atoms with Crippen molar-refractivity contribution in [1.82, 2.24) is 14.8 Å². The molecule has 1 aromatic carbocycles. The topological polar surface area (TPSA) is 63.6 Å². The van der Waals surface area contributed by atoms with E-state index in [-0.39, 0.29) is 17.9 Å². The predicted octanol–water partition coefficient (Wildman–Crippen LogP) is 4.18. The van der Waals surface area contributed by atoms with Gasteiger partial charge in [-0.2, -0.15) is 0 Å². The molecule has 1 aliphatic carbocycles. The Labute approximate surface area is 185 Å². The monoisotopic (exact) mass is 437 g/mol. The molecule has 1 aliphatic heterocycles. The lowest BCUT2D eigenvalue weighted by Gasteiger charge is -2.44. The largest absolute Gasteiger partial charge is 0.497 e. The van der Waals surface area contributed by atoms with Crippen LogP contribution >= 0.6 is 11.3 Å². The van der Waals surface area contributed by atoms with Crippen LogP contribution < -0.4 is 10.1 Å². The quantitative estimate of drug-likeness (QED) is 0.651. The van der Waals surface area contributed by atoms with Gasteiger partial charge in [-0.25, -0.2) is 0 Å². The van der Waals surface area contributed by atoms with Crippen LogP contribution in [0.4, 0.5) is 0 Å². The van der Waals surface area contributed by atoms with Crippen molar-refractivity contribution in [2.45, 2.75) is 57.3 Å². The molecule has 0 radical (unpaired) electrons. The lowest BCUT2D eigenvalue weighted by molar-refractivity contribution is -0.133. The molecule has 2 amide bonds. The number of rotatable bonds is 5. The summed E-state index contributed by atoms with van der Waals surface area (Å²) in [4.78, 5) is 29.0. The number of hydrogen-bond donors (Lipinski definition) is 1. The van der Waals surface area contributed by atoms with Gasteiger partial charge in [-0.05, 0) is 55.0 Å². The molecule has 162 valence electrons. The van der Waals surface area contributed by atoms with E-state index in [1.165, 1.54) is 0 Å². The Morgan fingerprint density at radius 2 is 1.97 bits per heavy atom. The van der Waals surface area contributed by atoms with Crippen LogP contribution in [0.1, 0.15) is 48.7 Å². The number of nitrogens with zero attached hydrogens (tertiary/aromatic N) is 2. The number of hydrogen-bond acceptors (Lipinski definition) is 4. The summed E-state index contributed by atoms with van der Waals surface area (Å²) in [7, 11) is 1.63. The van der Waals surface area contributed by atoms with E-state index in [4.69, 9.17) is 4.74 Å². The second kappa shape index (κ2) is 7.71. The molecule has 1 fully saturated rings. The van der Waals surface area contributed by atoms with Crippen molar-refractivity contribution < 1.29 is 14.3 Å². The van der Waals surface area contributed by atoms with E-state index in [0.29, 0.717) is 18.8 Å². The van der Waals surface area contributed by atoms with E-state index in [1.807, 2.05) is 53.3 Å². The number of ether oxygens (including phenoxy) is 1. The molecule has 1 saturated carbocycles. The Morgan fingerprint density at radius 1 is 1.23 bits per heavy atom. The molecular formula is C24H27N3O3S. The molecule has 2 aromatic heterocycles. The minimum atomic E-state index is -0.972. The molecule has 0 spiro atoms. The molecule has 1 N–H and O–H groups in total. The Morgan fingerprint density at radius 3 is 2.68 bits per heavy atom. The van der Waals surface area contributed by atoms with Crippen molar-refractivity contribution in [1.29, 1.82) is 0 Å². The third kappa shape index (κ3) is 3.41. The van der Waals surface area contributed by atoms with E-state index >= 15 is 0 Å². The Hall–Kier alpha value is -2.80. The maximum absolute atomic E-state index is 13.7. The molecule has 2 aliphatic rings. The molecule has 0 saturated heterocycles. The fourth-order valence-electron chi connectivity index (χ4n) is 4.85. The molecule has 31 heavy (non-hydrogen) atoms. The molecule has 6 nitrogen and oxygen atoms in total. The van der Waals surface area contributed by atoms with Crippen LogP contribution in [0, 0.1) is 0 Å². The van der Waals surface area contributed by atoms with Crippen LogP contribution in [-0.2, 0) is 17.9 Å². The highest BCUT2D eigenvalue weighted by Gasteiger charge is 2.48. The SMILES string of the molecule is COc1ccc(CN2C(=O)c3cc4sccc4n3C[C@]2(C)C(=O)NC2CCCC2)cc1. The fraction of sp³-hybridized carbons (Fsp3) is 0.417. The predicted molar refractivity (Wildman–Crippen MR) is 121 cm³/mol. The number of thiophene rings is 1. The van der Waals surface area contributed by atoms with Crippen molar-refractivity contribution >= 4 is 33.4 Å². The van der Waals surface area contributed by atoms with Crippen LogP contribution in [0.5, 0.6) is 5.75 Å². The van der Waals surface area contributed by atoms with Gasteiger partial charge in [-0.15, -0.1) is 11.3 Å². The van der Waals surface area contributed by atoms with Crippen molar-refractivity contribution in [3.05, 3.63) is 53.0 Å². The number of carbonyl (C=O) groups excluding carboxylic acids is 2. The zero-order valence-electron chi connectivity index (χ0n) is 17.9. The standard InChI is InChI=1S/C24H27N3O3S/c1-24(23(29)25-17-5-3-4-6-17)15-26-19-11-12-31-21(19)13-20(26)22(28)27(24)14-16-7-9-18(30-2)10-8-16/h7-13,17H,3-6,14-15H2,1-2H3,(H,25,29)/t24-/m1/s1. The fourth-order valence-corrected chi connectivity index (χ4v) is 5.67. The molecule has 1 atom stereocenters. The number of nitrogens with one attached hydrogen (secondary N) is 1. The second-order valence-corrected chi connectivity index (χ2v) is 9.70. The average Bonchev–Trinajstić information content (AvgIpc) is 3.50. The number of carbonyl (C=O) groups is 2. The zero-order chi connectivity index (χ0) is 21.6. The highest BCUT2D eigenvalue weighted by molar-refractivity contribution is 7.17. The van der Waals surface area contributed by atoms with Gasteiger partial charge in [0.05, 0.1) is 23.9 Å². The summed E-state index contributed by atoms with van der Waals surface area (Å²) in [6.45, 7) is 2.72. The van der Waals surface area contributed by atoms with Crippen LogP contribution in [0.2, 0.25) is 0 Å². The summed E-state index contributed by atoms with van der Waals surface area (Å²) in [5.41, 5.74) is 1.68. The van der Waals surface area contributed by atoms with E-state index in [0.717, 1.165) is 47.2 Å². The first-order valence-corrected chi connectivity index (χ1v) is 11.7. The Kier molecular flexibility index (Phi) is 5.01. The highest BCUT2D eigenvalue weighted by atomic mass is 32.1. The Balaban J connectivity index is 1.53. The zero-order valence-corrected chi connectivity index (χ0v) is 18.7. The number of amides is 2. The lowest BCUT2D eigenvalue weighted by Crippen LogP contribution is -2.64. The molecule has 0 unspecified atom stereocenters. The summed E-state index contributed by atoms with van der Waals surface area (Å²) < 4.78 is 8.36. The van der Waals surface area contributed by atoms with Gasteiger partial charge in [-0.1, -0.05) is 25.0 Å². The first-order chi connectivity index (χ1) is 15.0. The molecular weight excluding hydrogens is 410 g/mol. The van der Waals surface area contributed by atoms with E-state index in [2.05, 4.69) is 5.32 Å². The third-order valence-corrected chi connectivity index (χ3v) is 7.58. The number of aromatic nitrogens is 1. The van der Waals surface area contributed by atoms with Gasteiger partial charge in [0.2, 0.25) is 5.91 Å². The van der Waals surface area contributed by atoms with Crippen LogP contribution in [0.3, 0.4) is 0 Å². The van der Waals surface area contributed by atoms with Crippen LogP contribution in [0.25, 0.3) is 10.2 Å². The van der Waals surface area contributed by atoms with Gasteiger partial charge < -0.3 is 19.5 Å². The maximum atomic E-state index is 13.7. The second-order valence-electron chi connectivity index (χ2n) is 8.75. The van der Waals surface area contributed by atoms with Crippen molar-refractivity contribution in [3.63, 3.8) is 0 Å². The number of fused-ring (bicyclic) bond motifs is 3. The number of methoxy groups -OCH3 is 1. The minimum Gasteiger partial charge on any atom is -0.497 e. The Bertz CT molecular complexity index is 1130. The van der Waals surface area contributed by atoms with Gasteiger partial charge in [0.25, 0.3) is 5.91 Å². The number of benzene rings is 1. The first kappa shape index (κ1) is 20.1.